The van der Waals surface area contributed by atoms with Gasteiger partial charge in [0.15, 0.2) is 5.43 Å². The Hall–Kier alpha value is -5.96. The summed E-state index contributed by atoms with van der Waals surface area (Å²) in [5, 5.41) is 54.8. The van der Waals surface area contributed by atoms with Gasteiger partial charge >= 0.3 is 5.97 Å². The first-order valence-corrected chi connectivity index (χ1v) is 19.4. The standard InChI is InChI=1S/C44H46N4O10/c1-3-22(18-49)43(55)57-33-16-30-39(54)37-32(53)15-27(19-50)56-41(37)38-36-28-10-11-47-42(46)35(28)24(6-5-23-7-8-26(52)14-29(23)31(36)20-51)13-25(44(33,2)58-40(30)38)12-21-4-9-34(45)48-17-21/h3-4,7-11,14-15,17,24-25,31,33,36,49-52,54H,5-6,12-13,16,18-20H2,1-2H3,(H2,45,48)(H2,46,47). The number of ether oxygens (including phenoxy) is 2. The van der Waals surface area contributed by atoms with E-state index in [4.69, 9.17) is 25.4 Å². The number of phenols is 2. The monoisotopic (exact) mass is 790 g/mol. The Morgan fingerprint density at radius 3 is 2.57 bits per heavy atom. The van der Waals surface area contributed by atoms with E-state index >= 15 is 0 Å². The van der Waals surface area contributed by atoms with E-state index in [1.165, 1.54) is 6.08 Å². The number of nitrogens with zero attached hydrogens (tertiary/aromatic N) is 2. The van der Waals surface area contributed by atoms with Crippen LogP contribution in [0, 0.1) is 5.92 Å². The summed E-state index contributed by atoms with van der Waals surface area (Å²) >= 11 is 0. The maximum Gasteiger partial charge on any atom is 0.336 e. The average Bonchev–Trinajstić information content (AvgIpc) is 3.25. The van der Waals surface area contributed by atoms with E-state index < -0.39 is 66.4 Å². The quantitative estimate of drug-likeness (QED) is 0.0893. The molecule has 5 aromatic rings. The number of hydrogen-bond donors (Lipinski definition) is 7. The van der Waals surface area contributed by atoms with Crippen LogP contribution in [-0.4, -0.2) is 66.4 Å². The van der Waals surface area contributed by atoms with Crippen molar-refractivity contribution >= 4 is 28.6 Å². The minimum absolute atomic E-state index is 0.00810. The molecule has 2 aliphatic heterocycles. The lowest BCUT2D eigenvalue weighted by Gasteiger charge is -2.49. The van der Waals surface area contributed by atoms with Gasteiger partial charge in [-0.15, -0.1) is 0 Å². The molecule has 302 valence electrons. The minimum atomic E-state index is -1.38. The van der Waals surface area contributed by atoms with Crippen LogP contribution < -0.4 is 21.6 Å². The van der Waals surface area contributed by atoms with E-state index in [-0.39, 0.29) is 57.5 Å². The summed E-state index contributed by atoms with van der Waals surface area (Å²) in [7, 11) is 0. The van der Waals surface area contributed by atoms with Crippen molar-refractivity contribution in [2.75, 3.05) is 24.7 Å². The molecule has 8 rings (SSSR count). The van der Waals surface area contributed by atoms with Crippen LogP contribution in [0.15, 0.2) is 75.7 Å². The maximum atomic E-state index is 14.0. The summed E-state index contributed by atoms with van der Waals surface area (Å²) in [6, 6.07) is 11.6. The van der Waals surface area contributed by atoms with Gasteiger partial charge in [-0.25, -0.2) is 14.8 Å². The average molecular weight is 791 g/mol. The van der Waals surface area contributed by atoms with Crippen molar-refractivity contribution in [2.45, 2.75) is 82.0 Å². The zero-order valence-corrected chi connectivity index (χ0v) is 32.1. The molecule has 3 aliphatic rings. The molecule has 0 spiro atoms. The fourth-order valence-electron chi connectivity index (χ4n) is 9.55. The maximum absolute atomic E-state index is 14.0. The molecule has 6 atom stereocenters. The molecule has 0 amide bonds. The van der Waals surface area contributed by atoms with Gasteiger partial charge in [0.05, 0.1) is 18.8 Å². The van der Waals surface area contributed by atoms with Gasteiger partial charge in [0.2, 0.25) is 0 Å². The molecule has 14 nitrogen and oxygen atoms in total. The highest BCUT2D eigenvalue weighted by Crippen LogP contribution is 2.58. The Bertz CT molecular complexity index is 2520. The topological polar surface area (TPSA) is 245 Å². The first kappa shape index (κ1) is 38.9. The second-order valence-corrected chi connectivity index (χ2v) is 15.7. The molecular weight excluding hydrogens is 745 g/mol. The third kappa shape index (κ3) is 6.41. The smallest absolute Gasteiger partial charge is 0.336 e. The molecule has 3 aromatic heterocycles. The van der Waals surface area contributed by atoms with Crippen molar-refractivity contribution in [1.29, 1.82) is 0 Å². The molecule has 5 heterocycles. The molecule has 0 fully saturated rings. The van der Waals surface area contributed by atoms with E-state index in [2.05, 4.69) is 9.97 Å². The number of rotatable bonds is 7. The van der Waals surface area contributed by atoms with Crippen molar-refractivity contribution in [3.8, 4) is 17.2 Å². The fourth-order valence-corrected chi connectivity index (χ4v) is 9.55. The number of esters is 1. The molecule has 14 heteroatoms. The van der Waals surface area contributed by atoms with Crippen molar-refractivity contribution in [3.05, 3.63) is 121 Å². The van der Waals surface area contributed by atoms with Crippen LogP contribution in [0.2, 0.25) is 0 Å². The van der Waals surface area contributed by atoms with Gasteiger partial charge in [0, 0.05) is 59.3 Å². The number of allylic oxidation sites excluding steroid dienone is 1. The number of nitrogens with two attached hydrogens (primary N) is 2. The van der Waals surface area contributed by atoms with E-state index in [0.29, 0.717) is 53.8 Å². The zero-order valence-electron chi connectivity index (χ0n) is 32.1. The summed E-state index contributed by atoms with van der Waals surface area (Å²) in [4.78, 5) is 36.8. The van der Waals surface area contributed by atoms with Gasteiger partial charge in [-0.1, -0.05) is 18.2 Å². The SMILES string of the molecule is CC=C(CO)C(=O)OC1Cc2c3c(c4oc(CO)cc(=O)c4c2O)C2c4ccnc(N)c4C(CCc4ccc(O)cc4C2CO)CC(Cc2ccc(N)nc2)C1(C)O3. The Labute approximate surface area is 333 Å². The summed E-state index contributed by atoms with van der Waals surface area (Å²) in [5.74, 6) is -3.04. The Morgan fingerprint density at radius 1 is 1.05 bits per heavy atom. The van der Waals surface area contributed by atoms with Crippen molar-refractivity contribution in [2.24, 2.45) is 5.92 Å². The number of carbonyl (C=O) groups excluding carboxylic acids is 1. The number of aryl methyl sites for hydroxylation is 1. The normalized spacial score (nSPS) is 23.8. The molecule has 0 saturated heterocycles. The molecule has 0 radical (unpaired) electrons. The molecule has 6 unspecified atom stereocenters. The Morgan fingerprint density at radius 2 is 1.86 bits per heavy atom. The number of benzene rings is 2. The number of aromatic hydroxyl groups is 2. The predicted octanol–water partition coefficient (Wildman–Crippen LogP) is 4.40. The first-order chi connectivity index (χ1) is 27.9. The van der Waals surface area contributed by atoms with Crippen LogP contribution in [0.1, 0.15) is 89.1 Å². The number of carbonyl (C=O) groups is 1. The van der Waals surface area contributed by atoms with Gasteiger partial charge in [-0.05, 0) is 92.0 Å². The molecule has 4 bridgehead atoms. The third-order valence-corrected chi connectivity index (χ3v) is 12.5. The van der Waals surface area contributed by atoms with Crippen LogP contribution in [0.25, 0.3) is 11.0 Å². The van der Waals surface area contributed by atoms with Crippen LogP contribution in [-0.2, 0) is 35.4 Å². The summed E-state index contributed by atoms with van der Waals surface area (Å²) < 4.78 is 20.0. The predicted molar refractivity (Wildman–Crippen MR) is 213 cm³/mol. The Kier molecular flexibility index (Phi) is 10.1. The van der Waals surface area contributed by atoms with Gasteiger partial charge in [0.1, 0.15) is 63.9 Å². The number of pyridine rings is 2. The van der Waals surface area contributed by atoms with E-state index in [9.17, 15) is 35.1 Å². The number of hydrogen-bond acceptors (Lipinski definition) is 14. The highest BCUT2D eigenvalue weighted by Gasteiger charge is 2.54. The lowest BCUT2D eigenvalue weighted by molar-refractivity contribution is -0.165. The van der Waals surface area contributed by atoms with Gasteiger partial charge in [-0.3, -0.25) is 4.79 Å². The molecule has 9 N–H and O–H groups in total. The highest BCUT2D eigenvalue weighted by molar-refractivity contribution is 5.92. The second-order valence-electron chi connectivity index (χ2n) is 15.7. The Balaban J connectivity index is 1.53. The largest absolute Gasteiger partial charge is 0.508 e. The van der Waals surface area contributed by atoms with Crippen molar-refractivity contribution in [1.82, 2.24) is 9.97 Å². The lowest BCUT2D eigenvalue weighted by Crippen LogP contribution is -2.57. The number of aliphatic hydroxyl groups excluding tert-OH is 3. The molecule has 58 heavy (non-hydrogen) atoms. The van der Waals surface area contributed by atoms with E-state index in [0.717, 1.165) is 17.2 Å². The number of aliphatic hydroxyl groups is 3. The number of nitrogen functional groups attached to an aromatic ring is 2. The second kappa shape index (κ2) is 15.1. The van der Waals surface area contributed by atoms with Gasteiger partial charge < -0.3 is 50.9 Å². The first-order valence-electron chi connectivity index (χ1n) is 19.4. The van der Waals surface area contributed by atoms with Crippen LogP contribution in [0.5, 0.6) is 17.2 Å². The summed E-state index contributed by atoms with van der Waals surface area (Å²) in [5.41, 5.74) is 15.1. The fraction of sp³-hybridized carbons (Fsp3) is 0.364. The van der Waals surface area contributed by atoms with Crippen LogP contribution >= 0.6 is 0 Å². The summed E-state index contributed by atoms with van der Waals surface area (Å²) in [6.07, 6.45) is 5.39. The summed E-state index contributed by atoms with van der Waals surface area (Å²) in [6.45, 7) is 1.82. The van der Waals surface area contributed by atoms with Crippen molar-refractivity contribution in [3.63, 3.8) is 0 Å². The number of phenolic OH excluding ortho intramolecular Hbond substituents is 2. The lowest BCUT2D eigenvalue weighted by atomic mass is 9.67. The number of aromatic nitrogens is 2. The van der Waals surface area contributed by atoms with Gasteiger partial charge in [0.25, 0.3) is 0 Å². The minimum Gasteiger partial charge on any atom is -0.508 e. The van der Waals surface area contributed by atoms with E-state index in [1.54, 1.807) is 37.5 Å². The zero-order chi connectivity index (χ0) is 41.0. The number of fused-ring (bicyclic) bond motifs is 5. The highest BCUT2D eigenvalue weighted by atomic mass is 16.6. The van der Waals surface area contributed by atoms with Crippen LogP contribution in [0.4, 0.5) is 11.6 Å². The van der Waals surface area contributed by atoms with Crippen molar-refractivity contribution < 1.29 is 44.2 Å². The molecule has 0 saturated carbocycles. The van der Waals surface area contributed by atoms with Crippen LogP contribution in [0.3, 0.4) is 0 Å². The number of anilines is 2. The molecule has 2 aromatic carbocycles. The molecule has 1 aliphatic carbocycles. The molecular formula is C44H46N4O10. The third-order valence-electron chi connectivity index (χ3n) is 12.5. The van der Waals surface area contributed by atoms with E-state index in [1.807, 2.05) is 25.1 Å². The van der Waals surface area contributed by atoms with Gasteiger partial charge in [-0.2, -0.15) is 0 Å².